The van der Waals surface area contributed by atoms with E-state index >= 15 is 0 Å². The van der Waals surface area contributed by atoms with Crippen LogP contribution in [0.25, 0.3) is 0 Å². The van der Waals surface area contributed by atoms with Crippen LogP contribution in [0, 0.1) is 23.5 Å². The topological polar surface area (TPSA) is 55.1 Å². The summed E-state index contributed by atoms with van der Waals surface area (Å²) in [4.78, 5) is 12.3. The van der Waals surface area contributed by atoms with Gasteiger partial charge in [-0.2, -0.15) is 0 Å². The van der Waals surface area contributed by atoms with Crippen LogP contribution in [0.5, 0.6) is 0 Å². The molecule has 3 atom stereocenters. The minimum absolute atomic E-state index is 0. The second-order valence-electron chi connectivity index (χ2n) is 6.38. The standard InChI is InChI=1S/C16H22F2N2O.ClH/c1-9(2)16(3,8-19)20-15(21)13-7-11(13)12-6-10(17)4-5-14(12)18;/h4-6,9,11,13H,7-8,19H2,1-3H3,(H,20,21);1H. The van der Waals surface area contributed by atoms with Crippen LogP contribution in [0.3, 0.4) is 0 Å². The van der Waals surface area contributed by atoms with Crippen LogP contribution >= 0.6 is 12.4 Å². The molecule has 124 valence electrons. The normalized spacial score (nSPS) is 22.7. The molecule has 1 aliphatic rings. The Hall–Kier alpha value is -1.20. The van der Waals surface area contributed by atoms with Crippen LogP contribution < -0.4 is 11.1 Å². The Balaban J connectivity index is 0.00000242. The summed E-state index contributed by atoms with van der Waals surface area (Å²) >= 11 is 0. The summed E-state index contributed by atoms with van der Waals surface area (Å²) in [5.74, 6) is -1.42. The van der Waals surface area contributed by atoms with Crippen LogP contribution in [-0.4, -0.2) is 18.0 Å². The van der Waals surface area contributed by atoms with Gasteiger partial charge in [-0.3, -0.25) is 4.79 Å². The van der Waals surface area contributed by atoms with Gasteiger partial charge in [-0.15, -0.1) is 12.4 Å². The zero-order valence-corrected chi connectivity index (χ0v) is 13.8. The number of hydrogen-bond donors (Lipinski definition) is 2. The number of rotatable bonds is 5. The molecular formula is C16H23ClF2N2O. The number of halogens is 3. The lowest BCUT2D eigenvalue weighted by Crippen LogP contribution is -2.55. The number of carbonyl (C=O) groups excluding carboxylic acids is 1. The zero-order chi connectivity index (χ0) is 15.8. The lowest BCUT2D eigenvalue weighted by molar-refractivity contribution is -0.124. The van der Waals surface area contributed by atoms with Gasteiger partial charge >= 0.3 is 0 Å². The minimum atomic E-state index is -0.481. The quantitative estimate of drug-likeness (QED) is 0.871. The van der Waals surface area contributed by atoms with E-state index in [0.717, 1.165) is 12.1 Å². The van der Waals surface area contributed by atoms with Crippen molar-refractivity contribution in [3.63, 3.8) is 0 Å². The predicted molar refractivity (Wildman–Crippen MR) is 84.9 cm³/mol. The monoisotopic (exact) mass is 332 g/mol. The highest BCUT2D eigenvalue weighted by Gasteiger charge is 2.47. The molecule has 1 aromatic carbocycles. The van der Waals surface area contributed by atoms with Crippen molar-refractivity contribution >= 4 is 18.3 Å². The highest BCUT2D eigenvalue weighted by Crippen LogP contribution is 2.48. The number of nitrogens with two attached hydrogens (primary N) is 1. The Labute approximate surface area is 136 Å². The van der Waals surface area contributed by atoms with E-state index in [1.165, 1.54) is 6.07 Å². The third kappa shape index (κ3) is 3.76. The maximum Gasteiger partial charge on any atom is 0.224 e. The molecule has 2 rings (SSSR count). The van der Waals surface area contributed by atoms with Crippen molar-refractivity contribution in [1.29, 1.82) is 0 Å². The van der Waals surface area contributed by atoms with Crippen molar-refractivity contribution < 1.29 is 13.6 Å². The van der Waals surface area contributed by atoms with Crippen LogP contribution in [0.2, 0.25) is 0 Å². The van der Waals surface area contributed by atoms with E-state index < -0.39 is 17.2 Å². The van der Waals surface area contributed by atoms with Crippen LogP contribution in [0.4, 0.5) is 8.78 Å². The van der Waals surface area contributed by atoms with Gasteiger partial charge in [0.05, 0.1) is 5.54 Å². The average Bonchev–Trinajstić information content (AvgIpc) is 3.21. The number of hydrogen-bond acceptors (Lipinski definition) is 2. The molecule has 0 radical (unpaired) electrons. The maximum atomic E-state index is 13.7. The van der Waals surface area contributed by atoms with Crippen molar-refractivity contribution in [2.45, 2.75) is 38.6 Å². The molecule has 1 aliphatic carbocycles. The zero-order valence-electron chi connectivity index (χ0n) is 13.0. The average molecular weight is 333 g/mol. The van der Waals surface area contributed by atoms with Gasteiger partial charge in [0, 0.05) is 12.5 Å². The Bertz CT molecular complexity index is 553. The molecule has 6 heteroatoms. The Morgan fingerprint density at radius 3 is 2.64 bits per heavy atom. The fourth-order valence-electron chi connectivity index (χ4n) is 2.43. The summed E-state index contributed by atoms with van der Waals surface area (Å²) in [5.41, 5.74) is 5.55. The first-order valence-corrected chi connectivity index (χ1v) is 7.25. The van der Waals surface area contributed by atoms with E-state index in [4.69, 9.17) is 5.73 Å². The third-order valence-corrected chi connectivity index (χ3v) is 4.59. The van der Waals surface area contributed by atoms with Gasteiger partial charge in [0.25, 0.3) is 0 Å². The fraction of sp³-hybridized carbons (Fsp3) is 0.562. The highest BCUT2D eigenvalue weighted by molar-refractivity contribution is 5.85. The molecule has 0 aromatic heterocycles. The smallest absolute Gasteiger partial charge is 0.224 e. The van der Waals surface area contributed by atoms with Crippen molar-refractivity contribution in [2.24, 2.45) is 17.6 Å². The number of nitrogens with one attached hydrogen (secondary N) is 1. The van der Waals surface area contributed by atoms with Gasteiger partial charge in [-0.25, -0.2) is 8.78 Å². The molecule has 22 heavy (non-hydrogen) atoms. The molecule has 3 unspecified atom stereocenters. The van der Waals surface area contributed by atoms with Crippen molar-refractivity contribution in [2.75, 3.05) is 6.54 Å². The van der Waals surface area contributed by atoms with Gasteiger partial charge in [0.2, 0.25) is 5.91 Å². The molecule has 0 heterocycles. The molecule has 1 aromatic rings. The molecule has 0 aliphatic heterocycles. The molecular weight excluding hydrogens is 310 g/mol. The first-order chi connectivity index (χ1) is 9.78. The van der Waals surface area contributed by atoms with Gasteiger partial charge in [0.15, 0.2) is 0 Å². The van der Waals surface area contributed by atoms with E-state index in [-0.39, 0.29) is 41.6 Å². The fourth-order valence-corrected chi connectivity index (χ4v) is 2.43. The predicted octanol–water partition coefficient (Wildman–Crippen LogP) is 2.98. The lowest BCUT2D eigenvalue weighted by atomic mass is 9.88. The number of amides is 1. The lowest BCUT2D eigenvalue weighted by Gasteiger charge is -2.33. The number of carbonyl (C=O) groups is 1. The van der Waals surface area contributed by atoms with Crippen LogP contribution in [-0.2, 0) is 4.79 Å². The van der Waals surface area contributed by atoms with E-state index in [9.17, 15) is 13.6 Å². The highest BCUT2D eigenvalue weighted by atomic mass is 35.5. The molecule has 0 saturated heterocycles. The molecule has 3 N–H and O–H groups in total. The first kappa shape index (κ1) is 18.8. The van der Waals surface area contributed by atoms with Crippen LogP contribution in [0.15, 0.2) is 18.2 Å². The summed E-state index contributed by atoms with van der Waals surface area (Å²) in [6.45, 7) is 6.21. The first-order valence-electron chi connectivity index (χ1n) is 7.25. The molecule has 0 bridgehead atoms. The van der Waals surface area contributed by atoms with Gasteiger partial charge in [-0.05, 0) is 48.9 Å². The largest absolute Gasteiger partial charge is 0.349 e. The SMILES string of the molecule is CC(C)C(C)(CN)NC(=O)C1CC1c1cc(F)ccc1F.Cl. The van der Waals surface area contributed by atoms with Gasteiger partial charge < -0.3 is 11.1 Å². The second kappa shape index (κ2) is 6.92. The maximum absolute atomic E-state index is 13.7. The van der Waals surface area contributed by atoms with E-state index in [1.54, 1.807) is 0 Å². The second-order valence-corrected chi connectivity index (χ2v) is 6.38. The van der Waals surface area contributed by atoms with E-state index in [0.29, 0.717) is 13.0 Å². The summed E-state index contributed by atoms with van der Waals surface area (Å²) in [7, 11) is 0. The third-order valence-electron chi connectivity index (χ3n) is 4.59. The molecule has 1 fully saturated rings. The van der Waals surface area contributed by atoms with E-state index in [1.807, 2.05) is 20.8 Å². The Kier molecular flexibility index (Phi) is 5.93. The molecule has 1 saturated carbocycles. The van der Waals surface area contributed by atoms with Gasteiger partial charge in [0.1, 0.15) is 11.6 Å². The Morgan fingerprint density at radius 2 is 2.09 bits per heavy atom. The van der Waals surface area contributed by atoms with Crippen molar-refractivity contribution in [3.8, 4) is 0 Å². The van der Waals surface area contributed by atoms with E-state index in [2.05, 4.69) is 5.32 Å². The summed E-state index contributed by atoms with van der Waals surface area (Å²) in [5, 5.41) is 2.96. The van der Waals surface area contributed by atoms with Crippen LogP contribution in [0.1, 0.15) is 38.7 Å². The van der Waals surface area contributed by atoms with Crippen molar-refractivity contribution in [3.05, 3.63) is 35.4 Å². The number of benzene rings is 1. The minimum Gasteiger partial charge on any atom is -0.349 e. The molecule has 0 spiro atoms. The Morgan fingerprint density at radius 1 is 1.45 bits per heavy atom. The summed E-state index contributed by atoms with van der Waals surface area (Å²) in [6, 6.07) is 3.37. The van der Waals surface area contributed by atoms with Gasteiger partial charge in [-0.1, -0.05) is 13.8 Å². The molecule has 1 amide bonds. The summed E-state index contributed by atoms with van der Waals surface area (Å²) in [6.07, 6.45) is 0.547. The van der Waals surface area contributed by atoms with Crippen molar-refractivity contribution in [1.82, 2.24) is 5.32 Å². The molecule has 3 nitrogen and oxygen atoms in total. The summed E-state index contributed by atoms with van der Waals surface area (Å²) < 4.78 is 26.9.